The molecule has 0 aliphatic heterocycles. The Balaban J connectivity index is 0.00000256. The van der Waals surface area contributed by atoms with E-state index in [1.165, 1.54) is 0 Å². The van der Waals surface area contributed by atoms with Crippen molar-refractivity contribution >= 4 is 0 Å². The number of halogens is 1. The van der Waals surface area contributed by atoms with Crippen molar-refractivity contribution in [2.45, 2.75) is 53.1 Å². The van der Waals surface area contributed by atoms with E-state index in [4.69, 9.17) is 0 Å². The lowest BCUT2D eigenvalue weighted by Crippen LogP contribution is -3.00. The number of hydrogen-bond donors (Lipinski definition) is 1. The third-order valence-corrected chi connectivity index (χ3v) is 2.45. The van der Waals surface area contributed by atoms with Crippen LogP contribution in [0.1, 0.15) is 46.7 Å². The predicted molar refractivity (Wildman–Crippen MR) is 69.2 cm³/mol. The van der Waals surface area contributed by atoms with Gasteiger partial charge in [-0.25, -0.2) is 0 Å². The van der Waals surface area contributed by atoms with Gasteiger partial charge in [0.15, 0.2) is 0 Å². The van der Waals surface area contributed by atoms with Gasteiger partial charge in [-0.1, -0.05) is 26.8 Å². The second kappa shape index (κ2) is 6.36. The normalized spacial score (nSPS) is 12.1. The summed E-state index contributed by atoms with van der Waals surface area (Å²) in [5, 5.41) is 3.57. The fourth-order valence-corrected chi connectivity index (χ4v) is 2.22. The molecule has 0 saturated carbocycles. The minimum atomic E-state index is 0. The third-order valence-electron chi connectivity index (χ3n) is 2.45. The Morgan fingerprint density at radius 3 is 2.24 bits per heavy atom. The van der Waals surface area contributed by atoms with Gasteiger partial charge in [0.05, 0.1) is 5.69 Å². The molecule has 98 valence electrons. The summed E-state index contributed by atoms with van der Waals surface area (Å²) in [7, 11) is 0. The second-order valence-electron chi connectivity index (χ2n) is 6.30. The molecule has 0 aromatic carbocycles. The van der Waals surface area contributed by atoms with Crippen LogP contribution in [-0.2, 0) is 6.54 Å². The van der Waals surface area contributed by atoms with Gasteiger partial charge in [0.1, 0.15) is 0 Å². The fraction of sp³-hybridized carbons (Fsp3) is 0.643. The molecule has 2 nitrogen and oxygen atoms in total. The largest absolute Gasteiger partial charge is 1.00 e. The number of pyridine rings is 1. The van der Waals surface area contributed by atoms with Crippen LogP contribution in [0.5, 0.6) is 0 Å². The zero-order valence-corrected chi connectivity index (χ0v) is 12.3. The van der Waals surface area contributed by atoms with Gasteiger partial charge in [-0.05, 0) is 37.8 Å². The molecule has 0 saturated heterocycles. The van der Waals surface area contributed by atoms with Gasteiger partial charge in [0, 0.05) is 18.3 Å². The molecule has 0 bridgehead atoms. The highest BCUT2D eigenvalue weighted by Crippen LogP contribution is 2.26. The maximum atomic E-state index is 4.32. The first kappa shape index (κ1) is 16.4. The van der Waals surface area contributed by atoms with Crippen molar-refractivity contribution in [2.75, 3.05) is 0 Å². The number of nitrogens with zero attached hydrogens (tertiary/aromatic N) is 1. The predicted octanol–water partition coefficient (Wildman–Crippen LogP) is 0.390. The monoisotopic (exact) mass is 255 g/mol. The molecule has 1 heterocycles. The number of hydrogen-bond acceptors (Lipinski definition) is 2. The molecule has 0 amide bonds. The van der Waals surface area contributed by atoms with Crippen LogP contribution in [-0.4, -0.2) is 10.5 Å². The maximum absolute atomic E-state index is 4.32. The highest BCUT2D eigenvalue weighted by Gasteiger charge is 2.24. The lowest BCUT2D eigenvalue weighted by molar-refractivity contribution is -0.00000554. The van der Waals surface area contributed by atoms with Gasteiger partial charge in [0.25, 0.3) is 0 Å². The average Bonchev–Trinajstić information content (AvgIpc) is 2.13. The molecule has 0 aliphatic carbocycles. The van der Waals surface area contributed by atoms with E-state index in [0.717, 1.165) is 18.7 Å². The molecular formula is C14H24ClN2-. The SMILES string of the molecule is CC(C)(C)CC(C)(C)NCc1ccccn1.[Cl-]. The highest BCUT2D eigenvalue weighted by molar-refractivity contribution is 5.03. The van der Waals surface area contributed by atoms with Crippen LogP contribution in [0.3, 0.4) is 0 Å². The van der Waals surface area contributed by atoms with Gasteiger partial charge in [-0.15, -0.1) is 0 Å². The molecule has 0 atom stereocenters. The zero-order chi connectivity index (χ0) is 12.2. The first-order chi connectivity index (χ1) is 7.29. The van der Waals surface area contributed by atoms with Crippen molar-refractivity contribution in [3.8, 4) is 0 Å². The fourth-order valence-electron chi connectivity index (χ4n) is 2.22. The summed E-state index contributed by atoms with van der Waals surface area (Å²) in [5.74, 6) is 0. The molecular weight excluding hydrogens is 232 g/mol. The molecule has 0 spiro atoms. The van der Waals surface area contributed by atoms with Crippen LogP contribution < -0.4 is 17.7 Å². The molecule has 0 aliphatic rings. The van der Waals surface area contributed by atoms with Crippen molar-refractivity contribution in [1.82, 2.24) is 10.3 Å². The zero-order valence-electron chi connectivity index (χ0n) is 11.5. The summed E-state index contributed by atoms with van der Waals surface area (Å²) in [6, 6.07) is 6.03. The van der Waals surface area contributed by atoms with E-state index in [1.54, 1.807) is 0 Å². The average molecular weight is 256 g/mol. The van der Waals surface area contributed by atoms with E-state index in [1.807, 2.05) is 18.3 Å². The lowest BCUT2D eigenvalue weighted by atomic mass is 9.82. The molecule has 17 heavy (non-hydrogen) atoms. The molecule has 1 aromatic heterocycles. The Kier molecular flexibility index (Phi) is 6.14. The van der Waals surface area contributed by atoms with Crippen LogP contribution in [0.15, 0.2) is 24.4 Å². The Bertz CT molecular complexity index is 315. The number of rotatable bonds is 4. The second-order valence-corrected chi connectivity index (χ2v) is 6.30. The molecule has 0 fully saturated rings. The van der Waals surface area contributed by atoms with Crippen LogP contribution in [0.25, 0.3) is 0 Å². The standard InChI is InChI=1S/C14H24N2.ClH/c1-13(2,3)11-14(4,5)16-10-12-8-6-7-9-15-12;/h6-9,16H,10-11H2,1-5H3;1H/p-1. The molecule has 1 rings (SSSR count). The molecule has 1 aromatic rings. The van der Waals surface area contributed by atoms with Gasteiger partial charge in [-0.2, -0.15) is 0 Å². The van der Waals surface area contributed by atoms with E-state index >= 15 is 0 Å². The third kappa shape index (κ3) is 7.35. The van der Waals surface area contributed by atoms with E-state index in [9.17, 15) is 0 Å². The Morgan fingerprint density at radius 1 is 1.12 bits per heavy atom. The molecule has 0 unspecified atom stereocenters. The van der Waals surface area contributed by atoms with Gasteiger partial charge < -0.3 is 17.7 Å². The topological polar surface area (TPSA) is 24.9 Å². The van der Waals surface area contributed by atoms with Crippen LogP contribution in [0.4, 0.5) is 0 Å². The summed E-state index contributed by atoms with van der Waals surface area (Å²) >= 11 is 0. The van der Waals surface area contributed by atoms with Crippen LogP contribution in [0.2, 0.25) is 0 Å². The van der Waals surface area contributed by atoms with Crippen molar-refractivity contribution in [3.05, 3.63) is 30.1 Å². The quantitative estimate of drug-likeness (QED) is 0.842. The Hall–Kier alpha value is -0.600. The van der Waals surface area contributed by atoms with Crippen molar-refractivity contribution < 1.29 is 12.4 Å². The maximum Gasteiger partial charge on any atom is 0.0541 e. The minimum Gasteiger partial charge on any atom is -1.00 e. The summed E-state index contributed by atoms with van der Waals surface area (Å²) in [6.07, 6.45) is 2.99. The van der Waals surface area contributed by atoms with Gasteiger partial charge in [0.2, 0.25) is 0 Å². The van der Waals surface area contributed by atoms with Crippen LogP contribution in [0, 0.1) is 5.41 Å². The first-order valence-corrected chi connectivity index (χ1v) is 5.93. The summed E-state index contributed by atoms with van der Waals surface area (Å²) < 4.78 is 0. The van der Waals surface area contributed by atoms with E-state index < -0.39 is 0 Å². The smallest absolute Gasteiger partial charge is 0.0541 e. The first-order valence-electron chi connectivity index (χ1n) is 5.93. The Morgan fingerprint density at radius 2 is 1.76 bits per heavy atom. The number of nitrogens with one attached hydrogen (secondary N) is 1. The van der Waals surface area contributed by atoms with E-state index in [-0.39, 0.29) is 17.9 Å². The highest BCUT2D eigenvalue weighted by atomic mass is 35.5. The van der Waals surface area contributed by atoms with Crippen molar-refractivity contribution in [2.24, 2.45) is 5.41 Å². The van der Waals surface area contributed by atoms with E-state index in [0.29, 0.717) is 5.41 Å². The minimum absolute atomic E-state index is 0. The lowest BCUT2D eigenvalue weighted by Gasteiger charge is -2.33. The van der Waals surface area contributed by atoms with Crippen LogP contribution >= 0.6 is 0 Å². The van der Waals surface area contributed by atoms with Gasteiger partial charge >= 0.3 is 0 Å². The summed E-state index contributed by atoms with van der Waals surface area (Å²) in [5.41, 5.74) is 1.60. The van der Waals surface area contributed by atoms with E-state index in [2.05, 4.69) is 51.0 Å². The summed E-state index contributed by atoms with van der Waals surface area (Å²) in [4.78, 5) is 4.32. The molecule has 3 heteroatoms. The van der Waals surface area contributed by atoms with Gasteiger partial charge in [-0.3, -0.25) is 4.98 Å². The molecule has 1 N–H and O–H groups in total. The molecule has 0 radical (unpaired) electrons. The summed E-state index contributed by atoms with van der Waals surface area (Å²) in [6.45, 7) is 12.2. The van der Waals surface area contributed by atoms with Crippen molar-refractivity contribution in [3.63, 3.8) is 0 Å². The number of aromatic nitrogens is 1. The Labute approximate surface area is 112 Å². The van der Waals surface area contributed by atoms with Crippen molar-refractivity contribution in [1.29, 1.82) is 0 Å².